The summed E-state index contributed by atoms with van der Waals surface area (Å²) in [5.74, 6) is -0.261. The van der Waals surface area contributed by atoms with E-state index in [1.807, 2.05) is 17.0 Å². The molecule has 1 aliphatic rings. The number of nitrogens with zero attached hydrogens (tertiary/aromatic N) is 5. The lowest BCUT2D eigenvalue weighted by Crippen LogP contribution is -2.49. The Morgan fingerprint density at radius 3 is 2.50 bits per heavy atom. The highest BCUT2D eigenvalue weighted by Crippen LogP contribution is 2.21. The van der Waals surface area contributed by atoms with Gasteiger partial charge in [-0.25, -0.2) is 13.8 Å². The Kier molecular flexibility index (Phi) is 4.72. The summed E-state index contributed by atoms with van der Waals surface area (Å²) in [4.78, 5) is 24.7. The molecule has 0 aliphatic carbocycles. The Labute approximate surface area is 159 Å². The number of anilines is 1. The number of carbonyl (C=O) groups excluding carboxylic acids is 1. The topological polar surface area (TPSA) is 75.4 Å². The summed E-state index contributed by atoms with van der Waals surface area (Å²) in [5, 5.41) is 3.76. The third-order valence-electron chi connectivity index (χ3n) is 4.57. The highest BCUT2D eigenvalue weighted by atomic mass is 19.1. The molecule has 1 fully saturated rings. The maximum Gasteiger partial charge on any atom is 0.259 e. The van der Waals surface area contributed by atoms with Gasteiger partial charge in [-0.2, -0.15) is 4.98 Å². The zero-order valence-corrected chi connectivity index (χ0v) is 15.1. The Hall–Kier alpha value is -3.36. The van der Waals surface area contributed by atoms with Crippen LogP contribution in [0.25, 0.3) is 11.5 Å². The van der Waals surface area contributed by atoms with Crippen molar-refractivity contribution < 1.29 is 18.1 Å². The first-order valence-corrected chi connectivity index (χ1v) is 8.77. The van der Waals surface area contributed by atoms with Crippen molar-refractivity contribution in [3.63, 3.8) is 0 Å². The van der Waals surface area contributed by atoms with Crippen LogP contribution in [0.15, 0.2) is 41.1 Å². The summed E-state index contributed by atoms with van der Waals surface area (Å²) in [6.07, 6.45) is 1.66. The molecule has 144 valence electrons. The largest absolute Gasteiger partial charge is 0.353 e. The lowest BCUT2D eigenvalue weighted by Gasteiger charge is -2.35. The van der Waals surface area contributed by atoms with Crippen LogP contribution >= 0.6 is 0 Å². The molecule has 0 bridgehead atoms. The van der Waals surface area contributed by atoms with Crippen LogP contribution in [0.5, 0.6) is 0 Å². The molecule has 0 saturated carbocycles. The molecule has 1 amide bonds. The van der Waals surface area contributed by atoms with Gasteiger partial charge in [0.2, 0.25) is 0 Å². The SMILES string of the molecule is Cc1noc(-c2ccc(N3CCN(C(=O)c4ccc(F)cc4F)CC3)nc2)n1. The van der Waals surface area contributed by atoms with Gasteiger partial charge in [-0.05, 0) is 31.2 Å². The van der Waals surface area contributed by atoms with E-state index in [0.29, 0.717) is 37.9 Å². The Morgan fingerprint density at radius 2 is 1.89 bits per heavy atom. The van der Waals surface area contributed by atoms with Crippen molar-refractivity contribution in [2.24, 2.45) is 0 Å². The van der Waals surface area contributed by atoms with Gasteiger partial charge in [-0.3, -0.25) is 4.79 Å². The molecular weight excluding hydrogens is 368 g/mol. The molecule has 3 aromatic rings. The standard InChI is InChI=1S/C19H17F2N5O2/c1-12-23-18(28-24-12)13-2-5-17(22-11-13)25-6-8-26(9-7-25)19(27)15-4-3-14(20)10-16(15)21/h2-5,10-11H,6-9H2,1H3. The van der Waals surface area contributed by atoms with Crippen molar-refractivity contribution >= 4 is 11.7 Å². The van der Waals surface area contributed by atoms with E-state index in [2.05, 4.69) is 15.1 Å². The van der Waals surface area contributed by atoms with E-state index < -0.39 is 17.5 Å². The van der Waals surface area contributed by atoms with Crippen molar-refractivity contribution in [1.82, 2.24) is 20.0 Å². The smallest absolute Gasteiger partial charge is 0.259 e. The van der Waals surface area contributed by atoms with Crippen LogP contribution in [-0.4, -0.2) is 52.1 Å². The first kappa shape index (κ1) is 18.0. The maximum atomic E-state index is 13.9. The number of amides is 1. The van der Waals surface area contributed by atoms with E-state index in [9.17, 15) is 13.6 Å². The predicted octanol–water partition coefficient (Wildman–Crippen LogP) is 2.68. The van der Waals surface area contributed by atoms with E-state index in [4.69, 9.17) is 4.52 Å². The summed E-state index contributed by atoms with van der Waals surface area (Å²) in [5.41, 5.74) is 0.608. The zero-order valence-electron chi connectivity index (χ0n) is 15.1. The number of hydrogen-bond acceptors (Lipinski definition) is 6. The predicted molar refractivity (Wildman–Crippen MR) is 96.7 cm³/mol. The van der Waals surface area contributed by atoms with Crippen molar-refractivity contribution in [3.05, 3.63) is 59.6 Å². The van der Waals surface area contributed by atoms with Gasteiger partial charge < -0.3 is 14.3 Å². The third-order valence-corrected chi connectivity index (χ3v) is 4.57. The summed E-state index contributed by atoms with van der Waals surface area (Å²) in [6, 6.07) is 6.69. The average molecular weight is 385 g/mol. The van der Waals surface area contributed by atoms with E-state index in [1.165, 1.54) is 6.07 Å². The molecule has 0 unspecified atom stereocenters. The second kappa shape index (κ2) is 7.34. The van der Waals surface area contributed by atoms with Crippen LogP contribution in [0.1, 0.15) is 16.2 Å². The van der Waals surface area contributed by atoms with Crippen LogP contribution in [-0.2, 0) is 0 Å². The van der Waals surface area contributed by atoms with Gasteiger partial charge in [0.25, 0.3) is 11.8 Å². The molecule has 0 atom stereocenters. The fraction of sp³-hybridized carbons (Fsp3) is 0.263. The van der Waals surface area contributed by atoms with Crippen LogP contribution in [0.2, 0.25) is 0 Å². The molecule has 1 aliphatic heterocycles. The third kappa shape index (κ3) is 3.55. The molecule has 28 heavy (non-hydrogen) atoms. The number of benzene rings is 1. The molecule has 9 heteroatoms. The fourth-order valence-corrected chi connectivity index (χ4v) is 3.09. The fourth-order valence-electron chi connectivity index (χ4n) is 3.09. The summed E-state index contributed by atoms with van der Waals surface area (Å²) in [7, 11) is 0. The highest BCUT2D eigenvalue weighted by Gasteiger charge is 2.25. The molecule has 0 radical (unpaired) electrons. The van der Waals surface area contributed by atoms with Gasteiger partial charge in [0, 0.05) is 38.4 Å². The van der Waals surface area contributed by atoms with Crippen molar-refractivity contribution in [2.75, 3.05) is 31.1 Å². The molecule has 0 spiro atoms. The van der Waals surface area contributed by atoms with Gasteiger partial charge in [0.05, 0.1) is 11.1 Å². The number of hydrogen-bond donors (Lipinski definition) is 0. The molecule has 1 aromatic carbocycles. The maximum absolute atomic E-state index is 13.9. The molecular formula is C19H17F2N5O2. The number of piperazine rings is 1. The van der Waals surface area contributed by atoms with Gasteiger partial charge in [0.15, 0.2) is 5.82 Å². The number of aromatic nitrogens is 3. The molecule has 7 nitrogen and oxygen atoms in total. The minimum atomic E-state index is -0.846. The first-order valence-electron chi connectivity index (χ1n) is 8.77. The lowest BCUT2D eigenvalue weighted by atomic mass is 10.1. The number of halogens is 2. The van der Waals surface area contributed by atoms with Gasteiger partial charge in [0.1, 0.15) is 17.5 Å². The molecule has 1 saturated heterocycles. The summed E-state index contributed by atoms with van der Waals surface area (Å²) < 4.78 is 32.0. The van der Waals surface area contributed by atoms with Crippen LogP contribution in [0, 0.1) is 18.6 Å². The Morgan fingerprint density at radius 1 is 1.11 bits per heavy atom. The Bertz CT molecular complexity index is 998. The van der Waals surface area contributed by atoms with E-state index >= 15 is 0 Å². The summed E-state index contributed by atoms with van der Waals surface area (Å²) in [6.45, 7) is 3.69. The van der Waals surface area contributed by atoms with E-state index in [1.54, 1.807) is 18.0 Å². The molecule has 2 aromatic heterocycles. The number of aryl methyl sites for hydroxylation is 1. The Balaban J connectivity index is 1.40. The van der Waals surface area contributed by atoms with Crippen LogP contribution in [0.3, 0.4) is 0 Å². The molecule has 3 heterocycles. The second-order valence-electron chi connectivity index (χ2n) is 6.46. The van der Waals surface area contributed by atoms with E-state index in [-0.39, 0.29) is 5.56 Å². The lowest BCUT2D eigenvalue weighted by molar-refractivity contribution is 0.0741. The normalized spacial score (nSPS) is 14.4. The van der Waals surface area contributed by atoms with Gasteiger partial charge in [-0.15, -0.1) is 0 Å². The minimum absolute atomic E-state index is 0.118. The second-order valence-corrected chi connectivity index (χ2v) is 6.46. The van der Waals surface area contributed by atoms with E-state index in [0.717, 1.165) is 23.5 Å². The highest BCUT2D eigenvalue weighted by molar-refractivity contribution is 5.94. The number of pyridine rings is 1. The first-order chi connectivity index (χ1) is 13.5. The van der Waals surface area contributed by atoms with Gasteiger partial charge >= 0.3 is 0 Å². The quantitative estimate of drug-likeness (QED) is 0.690. The van der Waals surface area contributed by atoms with Crippen LogP contribution in [0.4, 0.5) is 14.6 Å². The average Bonchev–Trinajstić information content (AvgIpc) is 3.14. The molecule has 4 rings (SSSR count). The number of carbonyl (C=O) groups is 1. The van der Waals surface area contributed by atoms with Crippen molar-refractivity contribution in [2.45, 2.75) is 6.92 Å². The van der Waals surface area contributed by atoms with Gasteiger partial charge in [-0.1, -0.05) is 5.16 Å². The number of rotatable bonds is 3. The van der Waals surface area contributed by atoms with Crippen molar-refractivity contribution in [1.29, 1.82) is 0 Å². The zero-order chi connectivity index (χ0) is 19.7. The molecule has 0 N–H and O–H groups in total. The summed E-state index contributed by atoms with van der Waals surface area (Å²) >= 11 is 0. The van der Waals surface area contributed by atoms with Crippen LogP contribution < -0.4 is 4.90 Å². The van der Waals surface area contributed by atoms with Crippen molar-refractivity contribution in [3.8, 4) is 11.5 Å². The minimum Gasteiger partial charge on any atom is -0.353 e. The monoisotopic (exact) mass is 385 g/mol.